The van der Waals surface area contributed by atoms with E-state index in [1.54, 1.807) is 42.7 Å². The fraction of sp³-hybridized carbons (Fsp3) is 0. The lowest BCUT2D eigenvalue weighted by Gasteiger charge is -2.07. The van der Waals surface area contributed by atoms with Crippen molar-refractivity contribution in [2.24, 2.45) is 5.84 Å². The van der Waals surface area contributed by atoms with Crippen LogP contribution in [-0.4, -0.2) is 20.9 Å². The Hall–Kier alpha value is -3.32. The van der Waals surface area contributed by atoms with Crippen LogP contribution in [0.3, 0.4) is 0 Å². The molecule has 0 spiro atoms. The van der Waals surface area contributed by atoms with Crippen LogP contribution in [0.15, 0.2) is 60.9 Å². The molecule has 0 fully saturated rings. The van der Waals surface area contributed by atoms with Crippen molar-refractivity contribution in [1.29, 1.82) is 0 Å². The van der Waals surface area contributed by atoms with Gasteiger partial charge in [-0.1, -0.05) is 6.07 Å². The lowest BCUT2D eigenvalue weighted by molar-refractivity contribution is 0.0953. The minimum Gasteiger partial charge on any atom is -0.324 e. The lowest BCUT2D eigenvalue weighted by atomic mass is 10.2. The number of hydrogen-bond donors (Lipinski definition) is 3. The monoisotopic (exact) mass is 306 g/mol. The molecule has 3 rings (SSSR count). The van der Waals surface area contributed by atoms with E-state index in [9.17, 15) is 4.79 Å². The van der Waals surface area contributed by atoms with E-state index in [0.29, 0.717) is 11.5 Å². The molecular formula is C16H14N6O. The maximum Gasteiger partial charge on any atom is 0.265 e. The molecule has 23 heavy (non-hydrogen) atoms. The van der Waals surface area contributed by atoms with Crippen LogP contribution in [0.2, 0.25) is 0 Å². The summed E-state index contributed by atoms with van der Waals surface area (Å²) in [7, 11) is 0. The van der Waals surface area contributed by atoms with Crippen molar-refractivity contribution >= 4 is 17.5 Å². The summed E-state index contributed by atoms with van der Waals surface area (Å²) in [5, 5.41) is 3.09. The van der Waals surface area contributed by atoms with E-state index in [2.05, 4.69) is 25.7 Å². The summed E-state index contributed by atoms with van der Waals surface area (Å²) < 4.78 is 0. The number of aromatic nitrogens is 3. The zero-order valence-electron chi connectivity index (χ0n) is 12.1. The van der Waals surface area contributed by atoms with Gasteiger partial charge in [-0.15, -0.1) is 0 Å². The maximum atomic E-state index is 11.4. The highest BCUT2D eigenvalue weighted by atomic mass is 16.2. The molecular weight excluding hydrogens is 292 g/mol. The van der Waals surface area contributed by atoms with Crippen LogP contribution < -0.4 is 16.6 Å². The van der Waals surface area contributed by atoms with Crippen LogP contribution in [0.1, 0.15) is 10.4 Å². The highest BCUT2D eigenvalue weighted by molar-refractivity contribution is 5.94. The molecule has 7 nitrogen and oxygen atoms in total. The van der Waals surface area contributed by atoms with Crippen LogP contribution in [0.5, 0.6) is 0 Å². The first kappa shape index (κ1) is 14.6. The summed E-state index contributed by atoms with van der Waals surface area (Å²) in [4.78, 5) is 24.3. The van der Waals surface area contributed by atoms with Crippen molar-refractivity contribution in [3.63, 3.8) is 0 Å². The van der Waals surface area contributed by atoms with Gasteiger partial charge in [0.15, 0.2) is 0 Å². The van der Waals surface area contributed by atoms with E-state index in [0.717, 1.165) is 17.1 Å². The predicted molar refractivity (Wildman–Crippen MR) is 86.6 cm³/mol. The average Bonchev–Trinajstić information content (AvgIpc) is 2.63. The third-order valence-corrected chi connectivity index (χ3v) is 3.12. The first-order valence-electron chi connectivity index (χ1n) is 6.89. The highest BCUT2D eigenvalue weighted by Gasteiger charge is 2.05. The number of nitrogens with two attached hydrogens (primary N) is 1. The molecule has 1 amide bonds. The third kappa shape index (κ3) is 3.47. The van der Waals surface area contributed by atoms with Crippen molar-refractivity contribution in [3.8, 4) is 11.4 Å². The van der Waals surface area contributed by atoms with E-state index >= 15 is 0 Å². The van der Waals surface area contributed by atoms with Gasteiger partial charge < -0.3 is 5.32 Å². The SMILES string of the molecule is NNC(=O)c1ccc(Nc2nccc(-c3ccccn3)n2)cc1. The standard InChI is InChI=1S/C16H14N6O/c17-22-15(23)11-4-6-12(7-5-11)20-16-19-10-8-14(21-16)13-3-1-2-9-18-13/h1-10H,17H2,(H,22,23)(H,19,20,21). The molecule has 1 aromatic carbocycles. The number of benzene rings is 1. The number of nitrogen functional groups attached to an aromatic ring is 1. The quantitative estimate of drug-likeness (QED) is 0.386. The fourth-order valence-electron chi connectivity index (χ4n) is 1.99. The van der Waals surface area contributed by atoms with Crippen LogP contribution in [-0.2, 0) is 0 Å². The van der Waals surface area contributed by atoms with Gasteiger partial charge in [0.25, 0.3) is 5.91 Å². The first-order valence-corrected chi connectivity index (χ1v) is 6.89. The number of hydrazine groups is 1. The number of carbonyl (C=O) groups is 1. The number of amides is 1. The summed E-state index contributed by atoms with van der Waals surface area (Å²) >= 11 is 0. The molecule has 0 saturated carbocycles. The second kappa shape index (κ2) is 6.63. The number of pyridine rings is 1. The molecule has 3 aromatic rings. The van der Waals surface area contributed by atoms with Crippen molar-refractivity contribution in [3.05, 3.63) is 66.5 Å². The second-order valence-electron chi connectivity index (χ2n) is 4.66. The van der Waals surface area contributed by atoms with Gasteiger partial charge >= 0.3 is 0 Å². The molecule has 0 saturated heterocycles. The third-order valence-electron chi connectivity index (χ3n) is 3.12. The smallest absolute Gasteiger partial charge is 0.265 e. The van der Waals surface area contributed by atoms with Crippen LogP contribution in [0, 0.1) is 0 Å². The zero-order chi connectivity index (χ0) is 16.1. The Morgan fingerprint density at radius 2 is 1.74 bits per heavy atom. The number of nitrogens with zero attached hydrogens (tertiary/aromatic N) is 3. The highest BCUT2D eigenvalue weighted by Crippen LogP contribution is 2.17. The van der Waals surface area contributed by atoms with Crippen molar-refractivity contribution in [2.45, 2.75) is 0 Å². The van der Waals surface area contributed by atoms with E-state index in [1.807, 2.05) is 18.2 Å². The first-order chi connectivity index (χ1) is 11.3. The van der Waals surface area contributed by atoms with E-state index in [1.165, 1.54) is 0 Å². The fourth-order valence-corrected chi connectivity index (χ4v) is 1.99. The molecule has 0 aliphatic rings. The minimum absolute atomic E-state index is 0.343. The molecule has 2 heterocycles. The Bertz CT molecular complexity index is 804. The molecule has 0 unspecified atom stereocenters. The van der Waals surface area contributed by atoms with Crippen molar-refractivity contribution in [1.82, 2.24) is 20.4 Å². The summed E-state index contributed by atoms with van der Waals surface area (Å²) in [5.74, 6) is 5.20. The molecule has 114 valence electrons. The van der Waals surface area contributed by atoms with Gasteiger partial charge in [0.2, 0.25) is 5.95 Å². The lowest BCUT2D eigenvalue weighted by Crippen LogP contribution is -2.29. The van der Waals surface area contributed by atoms with Gasteiger partial charge in [-0.05, 0) is 42.5 Å². The molecule has 0 radical (unpaired) electrons. The Kier molecular flexibility index (Phi) is 4.21. The summed E-state index contributed by atoms with van der Waals surface area (Å²) in [6.07, 6.45) is 3.38. The molecule has 4 N–H and O–H groups in total. The van der Waals surface area contributed by atoms with Crippen LogP contribution in [0.4, 0.5) is 11.6 Å². The van der Waals surface area contributed by atoms with Gasteiger partial charge in [-0.3, -0.25) is 15.2 Å². The summed E-state index contributed by atoms with van der Waals surface area (Å²) in [5.41, 5.74) is 4.81. The van der Waals surface area contributed by atoms with Gasteiger partial charge in [-0.25, -0.2) is 15.8 Å². The van der Waals surface area contributed by atoms with Crippen molar-refractivity contribution < 1.29 is 4.79 Å². The Morgan fingerprint density at radius 3 is 2.43 bits per heavy atom. The van der Waals surface area contributed by atoms with Gasteiger partial charge in [0, 0.05) is 23.6 Å². The Labute approximate surface area is 132 Å². The molecule has 0 atom stereocenters. The Balaban J connectivity index is 1.79. The summed E-state index contributed by atoms with van der Waals surface area (Å²) in [6.45, 7) is 0. The van der Waals surface area contributed by atoms with E-state index in [-0.39, 0.29) is 5.91 Å². The minimum atomic E-state index is -0.343. The predicted octanol–water partition coefficient (Wildman–Crippen LogP) is 1.89. The zero-order valence-corrected chi connectivity index (χ0v) is 12.1. The second-order valence-corrected chi connectivity index (χ2v) is 4.66. The number of rotatable bonds is 4. The molecule has 2 aromatic heterocycles. The normalized spacial score (nSPS) is 10.1. The number of nitrogens with one attached hydrogen (secondary N) is 2. The van der Waals surface area contributed by atoms with E-state index in [4.69, 9.17) is 5.84 Å². The molecule has 0 aliphatic heterocycles. The van der Waals surface area contributed by atoms with Gasteiger partial charge in [0.05, 0.1) is 11.4 Å². The largest absolute Gasteiger partial charge is 0.324 e. The number of carbonyl (C=O) groups excluding carboxylic acids is 1. The Morgan fingerprint density at radius 1 is 0.913 bits per heavy atom. The average molecular weight is 306 g/mol. The molecule has 7 heteroatoms. The maximum absolute atomic E-state index is 11.4. The number of anilines is 2. The van der Waals surface area contributed by atoms with Crippen LogP contribution >= 0.6 is 0 Å². The molecule has 0 aliphatic carbocycles. The van der Waals surface area contributed by atoms with Crippen LogP contribution in [0.25, 0.3) is 11.4 Å². The topological polar surface area (TPSA) is 106 Å². The summed E-state index contributed by atoms with van der Waals surface area (Å²) in [6, 6.07) is 14.2. The number of hydrogen-bond acceptors (Lipinski definition) is 6. The van der Waals surface area contributed by atoms with Crippen molar-refractivity contribution in [2.75, 3.05) is 5.32 Å². The molecule has 0 bridgehead atoms. The van der Waals surface area contributed by atoms with E-state index < -0.39 is 0 Å². The van der Waals surface area contributed by atoms with Gasteiger partial charge in [-0.2, -0.15) is 0 Å². The van der Waals surface area contributed by atoms with Gasteiger partial charge in [0.1, 0.15) is 0 Å².